The summed E-state index contributed by atoms with van der Waals surface area (Å²) in [5.74, 6) is 0.288. The summed E-state index contributed by atoms with van der Waals surface area (Å²) in [6.07, 6.45) is -0.660. The van der Waals surface area contributed by atoms with Gasteiger partial charge in [-0.15, -0.1) is 0 Å². The van der Waals surface area contributed by atoms with E-state index in [2.05, 4.69) is 10.6 Å². The first-order valence-corrected chi connectivity index (χ1v) is 6.20. The van der Waals surface area contributed by atoms with Gasteiger partial charge in [-0.1, -0.05) is 0 Å². The van der Waals surface area contributed by atoms with Gasteiger partial charge in [-0.2, -0.15) is 0 Å². The normalized spacial score (nSPS) is 18.6. The minimum absolute atomic E-state index is 0.0706. The second-order valence-electron chi connectivity index (χ2n) is 4.36. The molecule has 0 aromatic heterocycles. The number of ether oxygens (including phenoxy) is 1. The van der Waals surface area contributed by atoms with Gasteiger partial charge in [0.05, 0.1) is 6.04 Å². The average molecular weight is 270 g/mol. The molecule has 4 nitrogen and oxygen atoms in total. The van der Waals surface area contributed by atoms with Crippen LogP contribution < -0.4 is 15.4 Å². The molecule has 1 aliphatic heterocycles. The molecular weight excluding hydrogens is 254 g/mol. The van der Waals surface area contributed by atoms with Crippen molar-refractivity contribution in [3.8, 4) is 5.75 Å². The smallest absolute Gasteiger partial charge is 0.272 e. The Labute approximate surface area is 110 Å². The first-order valence-electron chi connectivity index (χ1n) is 6.20. The monoisotopic (exact) mass is 270 g/mol. The summed E-state index contributed by atoms with van der Waals surface area (Å²) in [5, 5.41) is 5.87. The number of benzene rings is 1. The van der Waals surface area contributed by atoms with Crippen molar-refractivity contribution in [1.29, 1.82) is 0 Å². The molecule has 1 aromatic rings. The first-order chi connectivity index (χ1) is 9.15. The second kappa shape index (κ2) is 6.47. The molecule has 0 bridgehead atoms. The number of anilines is 1. The third-order valence-electron chi connectivity index (χ3n) is 2.87. The summed E-state index contributed by atoms with van der Waals surface area (Å²) < 4.78 is 28.8. The summed E-state index contributed by atoms with van der Waals surface area (Å²) in [6.45, 7) is 0.232. The molecule has 104 valence electrons. The maximum absolute atomic E-state index is 12.0. The number of halogens is 2. The van der Waals surface area contributed by atoms with E-state index in [-0.39, 0.29) is 11.9 Å². The average Bonchev–Trinajstić information content (AvgIpc) is 2.92. The fourth-order valence-corrected chi connectivity index (χ4v) is 1.93. The van der Waals surface area contributed by atoms with Crippen molar-refractivity contribution in [2.24, 2.45) is 0 Å². The van der Waals surface area contributed by atoms with Crippen LogP contribution in [0.25, 0.3) is 0 Å². The van der Waals surface area contributed by atoms with Crippen LogP contribution in [0.1, 0.15) is 12.8 Å². The molecule has 2 rings (SSSR count). The molecule has 19 heavy (non-hydrogen) atoms. The van der Waals surface area contributed by atoms with E-state index in [1.807, 2.05) is 0 Å². The summed E-state index contributed by atoms with van der Waals surface area (Å²) >= 11 is 0. The molecule has 1 heterocycles. The summed E-state index contributed by atoms with van der Waals surface area (Å²) in [4.78, 5) is 11.8. The van der Waals surface area contributed by atoms with Crippen LogP contribution in [0.5, 0.6) is 5.75 Å². The van der Waals surface area contributed by atoms with Crippen molar-refractivity contribution in [1.82, 2.24) is 5.32 Å². The quantitative estimate of drug-likeness (QED) is 0.860. The van der Waals surface area contributed by atoms with E-state index >= 15 is 0 Å². The number of carbonyl (C=O) groups is 1. The van der Waals surface area contributed by atoms with E-state index in [9.17, 15) is 13.6 Å². The van der Waals surface area contributed by atoms with Crippen LogP contribution >= 0.6 is 0 Å². The van der Waals surface area contributed by atoms with E-state index in [4.69, 9.17) is 4.74 Å². The predicted molar refractivity (Wildman–Crippen MR) is 67.6 cm³/mol. The van der Waals surface area contributed by atoms with Gasteiger partial charge in [0.1, 0.15) is 12.4 Å². The largest absolute Gasteiger partial charge is 0.488 e. The van der Waals surface area contributed by atoms with Gasteiger partial charge in [-0.3, -0.25) is 4.79 Å². The molecule has 1 unspecified atom stereocenters. The second-order valence-corrected chi connectivity index (χ2v) is 4.36. The van der Waals surface area contributed by atoms with Crippen LogP contribution in [0, 0.1) is 0 Å². The van der Waals surface area contributed by atoms with Crippen LogP contribution in [0.3, 0.4) is 0 Å². The van der Waals surface area contributed by atoms with Crippen molar-refractivity contribution in [3.63, 3.8) is 0 Å². The topological polar surface area (TPSA) is 50.4 Å². The van der Waals surface area contributed by atoms with E-state index in [0.29, 0.717) is 11.4 Å². The number of amides is 1. The minimum atomic E-state index is -2.49. The lowest BCUT2D eigenvalue weighted by molar-refractivity contribution is -0.117. The van der Waals surface area contributed by atoms with Gasteiger partial charge in [0.25, 0.3) is 6.43 Å². The minimum Gasteiger partial charge on any atom is -0.488 e. The molecule has 6 heteroatoms. The highest BCUT2D eigenvalue weighted by Gasteiger charge is 2.21. The standard InChI is InChI=1S/C13H16F2N2O2/c14-12(15)8-19-10-5-3-9(4-6-10)17-13(18)11-2-1-7-16-11/h3-6,11-12,16H,1-2,7-8H2,(H,17,18). The Morgan fingerprint density at radius 3 is 2.74 bits per heavy atom. The lowest BCUT2D eigenvalue weighted by Gasteiger charge is -2.11. The molecule has 1 saturated heterocycles. The zero-order chi connectivity index (χ0) is 13.7. The number of carbonyl (C=O) groups excluding carboxylic acids is 1. The van der Waals surface area contributed by atoms with E-state index in [1.165, 1.54) is 0 Å². The lowest BCUT2D eigenvalue weighted by Crippen LogP contribution is -2.35. The van der Waals surface area contributed by atoms with Crippen LogP contribution in [0.4, 0.5) is 14.5 Å². The Morgan fingerprint density at radius 2 is 2.16 bits per heavy atom. The molecule has 1 amide bonds. The molecule has 0 spiro atoms. The molecule has 1 aromatic carbocycles. The highest BCUT2D eigenvalue weighted by molar-refractivity contribution is 5.95. The van der Waals surface area contributed by atoms with Gasteiger partial charge < -0.3 is 15.4 Å². The van der Waals surface area contributed by atoms with Crippen molar-refractivity contribution >= 4 is 11.6 Å². The number of alkyl halides is 2. The van der Waals surface area contributed by atoms with Crippen molar-refractivity contribution in [2.75, 3.05) is 18.5 Å². The lowest BCUT2D eigenvalue weighted by atomic mass is 10.2. The molecule has 0 radical (unpaired) electrons. The Kier molecular flexibility index (Phi) is 4.68. The predicted octanol–water partition coefficient (Wildman–Crippen LogP) is 2.02. The van der Waals surface area contributed by atoms with Crippen LogP contribution in [-0.4, -0.2) is 31.5 Å². The van der Waals surface area contributed by atoms with Gasteiger partial charge in [-0.05, 0) is 43.7 Å². The molecular formula is C13H16F2N2O2. The van der Waals surface area contributed by atoms with E-state index in [1.54, 1.807) is 24.3 Å². The molecule has 1 atom stereocenters. The third kappa shape index (κ3) is 4.17. The van der Waals surface area contributed by atoms with Gasteiger partial charge in [0.2, 0.25) is 5.91 Å². The zero-order valence-corrected chi connectivity index (χ0v) is 10.4. The Bertz CT molecular complexity index is 417. The highest BCUT2D eigenvalue weighted by atomic mass is 19.3. The SMILES string of the molecule is O=C(Nc1ccc(OCC(F)F)cc1)C1CCCN1. The maximum atomic E-state index is 12.0. The Balaban J connectivity index is 1.85. The fraction of sp³-hybridized carbons (Fsp3) is 0.462. The van der Waals surface area contributed by atoms with Gasteiger partial charge in [0.15, 0.2) is 0 Å². The van der Waals surface area contributed by atoms with Crippen molar-refractivity contribution in [3.05, 3.63) is 24.3 Å². The Hall–Kier alpha value is -1.69. The third-order valence-corrected chi connectivity index (χ3v) is 2.87. The van der Waals surface area contributed by atoms with Gasteiger partial charge in [0, 0.05) is 5.69 Å². The molecule has 1 aliphatic rings. The molecule has 0 aliphatic carbocycles. The zero-order valence-electron chi connectivity index (χ0n) is 10.4. The number of rotatable bonds is 5. The maximum Gasteiger partial charge on any atom is 0.272 e. The number of nitrogens with one attached hydrogen (secondary N) is 2. The van der Waals surface area contributed by atoms with Gasteiger partial charge >= 0.3 is 0 Å². The Morgan fingerprint density at radius 1 is 1.42 bits per heavy atom. The van der Waals surface area contributed by atoms with E-state index < -0.39 is 13.0 Å². The first kappa shape index (κ1) is 13.7. The van der Waals surface area contributed by atoms with Crippen LogP contribution in [-0.2, 0) is 4.79 Å². The molecule has 2 N–H and O–H groups in total. The number of hydrogen-bond donors (Lipinski definition) is 2. The summed E-state index contributed by atoms with van der Waals surface area (Å²) in [6, 6.07) is 6.23. The summed E-state index contributed by atoms with van der Waals surface area (Å²) in [5.41, 5.74) is 0.628. The van der Waals surface area contributed by atoms with Crippen LogP contribution in [0.2, 0.25) is 0 Å². The van der Waals surface area contributed by atoms with Crippen LogP contribution in [0.15, 0.2) is 24.3 Å². The van der Waals surface area contributed by atoms with Crippen molar-refractivity contribution in [2.45, 2.75) is 25.3 Å². The van der Waals surface area contributed by atoms with Gasteiger partial charge in [-0.25, -0.2) is 8.78 Å². The highest BCUT2D eigenvalue weighted by Crippen LogP contribution is 2.17. The van der Waals surface area contributed by atoms with Crippen molar-refractivity contribution < 1.29 is 18.3 Å². The van der Waals surface area contributed by atoms with E-state index in [0.717, 1.165) is 19.4 Å². The summed E-state index contributed by atoms with van der Waals surface area (Å²) in [7, 11) is 0. The fourth-order valence-electron chi connectivity index (χ4n) is 1.93. The molecule has 0 saturated carbocycles. The number of hydrogen-bond acceptors (Lipinski definition) is 3. The molecule has 1 fully saturated rings.